The maximum atomic E-state index is 12.6. The molecule has 0 atom stereocenters. The normalized spacial score (nSPS) is 15.8. The zero-order chi connectivity index (χ0) is 17.1. The van der Waals surface area contributed by atoms with Gasteiger partial charge in [-0.3, -0.25) is 9.69 Å². The molecule has 0 bridgehead atoms. The molecule has 0 saturated carbocycles. The summed E-state index contributed by atoms with van der Waals surface area (Å²) >= 11 is 0. The molecule has 0 aliphatic carbocycles. The lowest BCUT2D eigenvalue weighted by Gasteiger charge is -2.26. The van der Waals surface area contributed by atoms with E-state index in [1.165, 1.54) is 0 Å². The van der Waals surface area contributed by atoms with Crippen molar-refractivity contribution in [2.75, 3.05) is 39.4 Å². The van der Waals surface area contributed by atoms with Gasteiger partial charge in [0.05, 0.1) is 18.7 Å². The van der Waals surface area contributed by atoms with Crippen LogP contribution in [-0.4, -0.2) is 54.8 Å². The zero-order valence-electron chi connectivity index (χ0n) is 14.4. The third kappa shape index (κ3) is 3.71. The lowest BCUT2D eigenvalue weighted by molar-refractivity contribution is 0.0383. The number of rotatable bonds is 6. The van der Waals surface area contributed by atoms with Crippen molar-refractivity contribution in [2.24, 2.45) is 0 Å². The van der Waals surface area contributed by atoms with Crippen LogP contribution in [0.15, 0.2) is 28.7 Å². The van der Waals surface area contributed by atoms with Gasteiger partial charge in [0.25, 0.3) is 5.91 Å². The van der Waals surface area contributed by atoms with Gasteiger partial charge in [0, 0.05) is 44.9 Å². The molecule has 0 radical (unpaired) electrons. The van der Waals surface area contributed by atoms with Gasteiger partial charge in [0.2, 0.25) is 0 Å². The standard InChI is InChI=1S/C18H25N3O3/c1-13(2)12-21-15-10-14(3)24-17(15)11-16(21)18(22)19-4-5-20-6-8-23-9-7-20/h10-11H,1,4-9,12H2,2-3H3,(H,19,22). The van der Waals surface area contributed by atoms with Gasteiger partial charge in [-0.15, -0.1) is 0 Å². The molecule has 1 aliphatic heterocycles. The summed E-state index contributed by atoms with van der Waals surface area (Å²) in [5.41, 5.74) is 3.29. The van der Waals surface area contributed by atoms with Crippen molar-refractivity contribution in [2.45, 2.75) is 20.4 Å². The Bertz CT molecular complexity index is 738. The second kappa shape index (κ2) is 7.23. The Morgan fingerprint density at radius 2 is 2.08 bits per heavy atom. The van der Waals surface area contributed by atoms with Gasteiger partial charge in [-0.2, -0.15) is 0 Å². The Morgan fingerprint density at radius 3 is 2.79 bits per heavy atom. The number of furan rings is 1. The van der Waals surface area contributed by atoms with Gasteiger partial charge in [-0.1, -0.05) is 12.2 Å². The molecule has 3 heterocycles. The van der Waals surface area contributed by atoms with Crippen molar-refractivity contribution in [3.05, 3.63) is 35.7 Å². The van der Waals surface area contributed by atoms with Gasteiger partial charge in [-0.05, 0) is 13.8 Å². The van der Waals surface area contributed by atoms with Crippen LogP contribution in [-0.2, 0) is 11.3 Å². The molecule has 1 fully saturated rings. The monoisotopic (exact) mass is 331 g/mol. The van der Waals surface area contributed by atoms with Crippen LogP contribution in [0.25, 0.3) is 11.1 Å². The SMILES string of the molecule is C=C(C)Cn1c(C(=O)NCCN2CCOCC2)cc2oc(C)cc21. The highest BCUT2D eigenvalue weighted by atomic mass is 16.5. The number of carbonyl (C=O) groups is 1. The summed E-state index contributed by atoms with van der Waals surface area (Å²) in [6, 6.07) is 3.78. The van der Waals surface area contributed by atoms with Gasteiger partial charge in [0.1, 0.15) is 11.5 Å². The van der Waals surface area contributed by atoms with E-state index in [1.54, 1.807) is 0 Å². The fourth-order valence-electron chi connectivity index (χ4n) is 3.04. The highest BCUT2D eigenvalue weighted by molar-refractivity contribution is 5.97. The molecule has 24 heavy (non-hydrogen) atoms. The minimum atomic E-state index is -0.0754. The average molecular weight is 331 g/mol. The number of hydrogen-bond donors (Lipinski definition) is 1. The number of aromatic nitrogens is 1. The molecule has 1 N–H and O–H groups in total. The molecule has 2 aromatic heterocycles. The van der Waals surface area contributed by atoms with Crippen molar-refractivity contribution in [1.82, 2.24) is 14.8 Å². The molecule has 6 nitrogen and oxygen atoms in total. The first-order chi connectivity index (χ1) is 11.5. The molecule has 3 rings (SSSR count). The van der Waals surface area contributed by atoms with E-state index in [2.05, 4.69) is 16.8 Å². The molecule has 6 heteroatoms. The van der Waals surface area contributed by atoms with Crippen LogP contribution in [0.1, 0.15) is 23.2 Å². The number of hydrogen-bond acceptors (Lipinski definition) is 4. The largest absolute Gasteiger partial charge is 0.460 e. The minimum Gasteiger partial charge on any atom is -0.460 e. The molecule has 1 aliphatic rings. The molecular formula is C18H25N3O3. The first-order valence-corrected chi connectivity index (χ1v) is 8.37. The van der Waals surface area contributed by atoms with Crippen LogP contribution in [0, 0.1) is 6.92 Å². The summed E-state index contributed by atoms with van der Waals surface area (Å²) in [6.45, 7) is 13.3. The number of ether oxygens (including phenoxy) is 1. The van der Waals surface area contributed by atoms with Crippen molar-refractivity contribution in [3.8, 4) is 0 Å². The van der Waals surface area contributed by atoms with E-state index in [9.17, 15) is 4.79 Å². The van der Waals surface area contributed by atoms with Gasteiger partial charge in [-0.25, -0.2) is 0 Å². The second-order valence-electron chi connectivity index (χ2n) is 6.39. The first-order valence-electron chi connectivity index (χ1n) is 8.37. The van der Waals surface area contributed by atoms with Crippen molar-refractivity contribution >= 4 is 17.0 Å². The van der Waals surface area contributed by atoms with E-state index < -0.39 is 0 Å². The zero-order valence-corrected chi connectivity index (χ0v) is 14.4. The topological polar surface area (TPSA) is 59.6 Å². The van der Waals surface area contributed by atoms with Gasteiger partial charge in [0.15, 0.2) is 5.58 Å². The van der Waals surface area contributed by atoms with E-state index >= 15 is 0 Å². The van der Waals surface area contributed by atoms with Crippen LogP contribution in [0.3, 0.4) is 0 Å². The lowest BCUT2D eigenvalue weighted by atomic mass is 10.3. The Balaban J connectivity index is 1.69. The van der Waals surface area contributed by atoms with Crippen LogP contribution < -0.4 is 5.32 Å². The fourth-order valence-corrected chi connectivity index (χ4v) is 3.04. The highest BCUT2D eigenvalue weighted by Crippen LogP contribution is 2.24. The number of aryl methyl sites for hydroxylation is 1. The number of nitrogens with zero attached hydrogens (tertiary/aromatic N) is 2. The van der Waals surface area contributed by atoms with Crippen LogP contribution in [0.4, 0.5) is 0 Å². The molecule has 1 amide bonds. The summed E-state index contributed by atoms with van der Waals surface area (Å²) in [5.74, 6) is 0.767. The van der Waals surface area contributed by atoms with Crippen LogP contribution in [0.2, 0.25) is 0 Å². The second-order valence-corrected chi connectivity index (χ2v) is 6.39. The number of morpholine rings is 1. The molecule has 0 unspecified atom stereocenters. The molecular weight excluding hydrogens is 306 g/mol. The van der Waals surface area contributed by atoms with E-state index in [4.69, 9.17) is 9.15 Å². The van der Waals surface area contributed by atoms with Crippen molar-refractivity contribution in [1.29, 1.82) is 0 Å². The quantitative estimate of drug-likeness (QED) is 0.824. The lowest BCUT2D eigenvalue weighted by Crippen LogP contribution is -2.41. The van der Waals surface area contributed by atoms with Crippen LogP contribution in [0.5, 0.6) is 0 Å². The summed E-state index contributed by atoms with van der Waals surface area (Å²) in [4.78, 5) is 14.9. The Morgan fingerprint density at radius 1 is 1.33 bits per heavy atom. The average Bonchev–Trinajstić information content (AvgIpc) is 3.05. The molecule has 0 spiro atoms. The Kier molecular flexibility index (Phi) is 5.06. The molecule has 0 aromatic carbocycles. The molecule has 1 saturated heterocycles. The summed E-state index contributed by atoms with van der Waals surface area (Å²) in [5, 5.41) is 3.01. The first kappa shape index (κ1) is 16.8. The van der Waals surface area contributed by atoms with E-state index in [0.717, 1.165) is 55.3 Å². The summed E-state index contributed by atoms with van der Waals surface area (Å²) < 4.78 is 13.0. The highest BCUT2D eigenvalue weighted by Gasteiger charge is 2.18. The number of amides is 1. The maximum absolute atomic E-state index is 12.6. The van der Waals surface area contributed by atoms with E-state index in [-0.39, 0.29) is 5.91 Å². The number of nitrogens with one attached hydrogen (secondary N) is 1. The van der Waals surface area contributed by atoms with Gasteiger partial charge < -0.3 is 19.0 Å². The van der Waals surface area contributed by atoms with E-state index in [1.807, 2.05) is 30.5 Å². The number of carbonyl (C=O) groups excluding carboxylic acids is 1. The van der Waals surface area contributed by atoms with Gasteiger partial charge >= 0.3 is 0 Å². The smallest absolute Gasteiger partial charge is 0.268 e. The third-order valence-corrected chi connectivity index (χ3v) is 4.19. The predicted molar refractivity (Wildman–Crippen MR) is 93.3 cm³/mol. The predicted octanol–water partition coefficient (Wildman–Crippen LogP) is 2.18. The fraction of sp³-hybridized carbons (Fsp3) is 0.500. The van der Waals surface area contributed by atoms with Crippen LogP contribution >= 0.6 is 0 Å². The van der Waals surface area contributed by atoms with E-state index in [0.29, 0.717) is 18.8 Å². The summed E-state index contributed by atoms with van der Waals surface area (Å²) in [7, 11) is 0. The molecule has 2 aromatic rings. The number of fused-ring (bicyclic) bond motifs is 1. The maximum Gasteiger partial charge on any atom is 0.268 e. The number of allylic oxidation sites excluding steroid dienone is 1. The Hall–Kier alpha value is -2.05. The summed E-state index contributed by atoms with van der Waals surface area (Å²) in [6.07, 6.45) is 0. The van der Waals surface area contributed by atoms with Crippen molar-refractivity contribution in [3.63, 3.8) is 0 Å². The van der Waals surface area contributed by atoms with Crippen molar-refractivity contribution < 1.29 is 13.9 Å². The molecule has 130 valence electrons. The minimum absolute atomic E-state index is 0.0754. The third-order valence-electron chi connectivity index (χ3n) is 4.19. The Labute approximate surface area is 142 Å².